The number of ether oxygens (including phenoxy) is 4. The second-order valence-electron chi connectivity index (χ2n) is 6.76. The normalized spacial score (nSPS) is 46.8. The first-order valence-corrected chi connectivity index (χ1v) is 8.41. The summed E-state index contributed by atoms with van der Waals surface area (Å²) in [5, 5.41) is 69.0. The van der Waals surface area contributed by atoms with Gasteiger partial charge in [-0.3, -0.25) is 0 Å². The molecular formula is C15H28O11. The summed E-state index contributed by atoms with van der Waals surface area (Å²) in [5.74, 6) is -2.15. The van der Waals surface area contributed by atoms with Gasteiger partial charge < -0.3 is 54.7 Å². The van der Waals surface area contributed by atoms with E-state index in [2.05, 4.69) is 0 Å². The van der Waals surface area contributed by atoms with E-state index in [1.165, 1.54) is 0 Å². The highest BCUT2D eigenvalue weighted by Crippen LogP contribution is 2.36. The molecule has 4 unspecified atom stereocenters. The lowest BCUT2D eigenvalue weighted by Crippen LogP contribution is -2.62. The van der Waals surface area contributed by atoms with Gasteiger partial charge in [0.05, 0.1) is 19.3 Å². The summed E-state index contributed by atoms with van der Waals surface area (Å²) in [6.07, 6.45) is -12.3. The third-order valence-electron chi connectivity index (χ3n) is 4.48. The molecule has 9 atom stereocenters. The second kappa shape index (κ2) is 8.71. The van der Waals surface area contributed by atoms with E-state index < -0.39 is 68.0 Å². The largest absolute Gasteiger partial charge is 0.394 e. The molecule has 26 heavy (non-hydrogen) atoms. The Hall–Kier alpha value is -0.440. The monoisotopic (exact) mass is 384 g/mol. The zero-order chi connectivity index (χ0) is 19.6. The second-order valence-corrected chi connectivity index (χ2v) is 6.76. The Morgan fingerprint density at radius 1 is 0.923 bits per heavy atom. The quantitative estimate of drug-likeness (QED) is 0.228. The molecule has 0 bridgehead atoms. The Balaban J connectivity index is 2.13. The molecular weight excluding hydrogens is 356 g/mol. The highest BCUT2D eigenvalue weighted by Gasteiger charge is 2.58. The highest BCUT2D eigenvalue weighted by molar-refractivity contribution is 4.98. The van der Waals surface area contributed by atoms with Gasteiger partial charge in [0.15, 0.2) is 6.29 Å². The fraction of sp³-hybridized carbons (Fsp3) is 1.00. The summed E-state index contributed by atoms with van der Waals surface area (Å²) in [7, 11) is 0. The molecule has 0 aromatic heterocycles. The van der Waals surface area contributed by atoms with Crippen molar-refractivity contribution in [3.05, 3.63) is 0 Å². The van der Waals surface area contributed by atoms with Crippen LogP contribution in [-0.4, -0.2) is 116 Å². The summed E-state index contributed by atoms with van der Waals surface area (Å²) in [6, 6.07) is 0. The van der Waals surface area contributed by atoms with Gasteiger partial charge >= 0.3 is 0 Å². The van der Waals surface area contributed by atoms with Crippen LogP contribution in [0.5, 0.6) is 0 Å². The lowest BCUT2D eigenvalue weighted by molar-refractivity contribution is -0.383. The van der Waals surface area contributed by atoms with Crippen molar-refractivity contribution in [2.75, 3.05) is 19.8 Å². The molecule has 2 aliphatic heterocycles. The van der Waals surface area contributed by atoms with E-state index in [-0.39, 0.29) is 12.7 Å². The summed E-state index contributed by atoms with van der Waals surface area (Å²) in [6.45, 7) is 1.87. The zero-order valence-corrected chi connectivity index (χ0v) is 14.6. The molecule has 154 valence electrons. The van der Waals surface area contributed by atoms with Gasteiger partial charge in [-0.1, -0.05) is 0 Å². The molecule has 0 spiro atoms. The molecule has 0 aliphatic carbocycles. The maximum absolute atomic E-state index is 10.3. The van der Waals surface area contributed by atoms with Gasteiger partial charge in [0.2, 0.25) is 5.79 Å². The Labute approximate surface area is 150 Å². The topological polar surface area (TPSA) is 179 Å². The standard InChI is InChI=1S/C15H28O11/c1-6(2)23-4-8-10(19)13(22)15(5-17,25-8)26-14-12(21)11(20)9(18)7(3-16)24-14/h6-14,16-22H,3-5H2,1-2H3/t7?,8-,9-,10+,11?,12?,13?,14-,15-/m0/s1. The minimum Gasteiger partial charge on any atom is -0.394 e. The number of hydrogen-bond donors (Lipinski definition) is 7. The molecule has 0 saturated carbocycles. The average Bonchev–Trinajstić information content (AvgIpc) is 2.85. The highest BCUT2D eigenvalue weighted by atomic mass is 16.8. The van der Waals surface area contributed by atoms with Crippen molar-refractivity contribution in [1.82, 2.24) is 0 Å². The summed E-state index contributed by atoms with van der Waals surface area (Å²) < 4.78 is 21.4. The molecule has 0 aromatic carbocycles. The SMILES string of the molecule is CC(C)OC[C@@H]1O[C@@](CO)(O[C@@H]2OC(CO)[C@H](O)C(O)C2O)C(O)[C@@H]1O. The van der Waals surface area contributed by atoms with Crippen LogP contribution in [0.15, 0.2) is 0 Å². The minimum absolute atomic E-state index is 0.0876. The zero-order valence-electron chi connectivity index (χ0n) is 14.6. The molecule has 0 radical (unpaired) electrons. The van der Waals surface area contributed by atoms with Gasteiger partial charge in [0, 0.05) is 0 Å². The summed E-state index contributed by atoms with van der Waals surface area (Å²) >= 11 is 0. The van der Waals surface area contributed by atoms with Gasteiger partial charge in [-0.25, -0.2) is 0 Å². The lowest BCUT2D eigenvalue weighted by atomic mass is 9.99. The van der Waals surface area contributed by atoms with E-state index in [4.69, 9.17) is 18.9 Å². The predicted molar refractivity (Wildman–Crippen MR) is 82.6 cm³/mol. The van der Waals surface area contributed by atoms with Crippen LogP contribution in [0.4, 0.5) is 0 Å². The van der Waals surface area contributed by atoms with Crippen LogP contribution >= 0.6 is 0 Å². The van der Waals surface area contributed by atoms with Gasteiger partial charge in [-0.05, 0) is 13.8 Å². The molecule has 0 aromatic rings. The van der Waals surface area contributed by atoms with Crippen molar-refractivity contribution in [3.8, 4) is 0 Å². The number of rotatable bonds is 7. The van der Waals surface area contributed by atoms with Crippen LogP contribution in [-0.2, 0) is 18.9 Å². The van der Waals surface area contributed by atoms with Crippen molar-refractivity contribution >= 4 is 0 Å². The van der Waals surface area contributed by atoms with E-state index in [0.29, 0.717) is 0 Å². The Kier molecular flexibility index (Phi) is 7.32. The molecule has 7 N–H and O–H groups in total. The van der Waals surface area contributed by atoms with Gasteiger partial charge in [0.25, 0.3) is 0 Å². The molecule has 0 amide bonds. The minimum atomic E-state index is -2.15. The molecule has 2 heterocycles. The van der Waals surface area contributed by atoms with E-state index in [1.54, 1.807) is 13.8 Å². The molecule has 2 fully saturated rings. The van der Waals surface area contributed by atoms with Crippen LogP contribution in [0.25, 0.3) is 0 Å². The summed E-state index contributed by atoms with van der Waals surface area (Å²) in [4.78, 5) is 0. The van der Waals surface area contributed by atoms with Crippen molar-refractivity contribution in [3.63, 3.8) is 0 Å². The van der Waals surface area contributed by atoms with Gasteiger partial charge in [-0.15, -0.1) is 0 Å². The molecule has 2 saturated heterocycles. The first-order valence-electron chi connectivity index (χ1n) is 8.41. The Bertz CT molecular complexity index is 447. The molecule has 11 nitrogen and oxygen atoms in total. The van der Waals surface area contributed by atoms with Crippen molar-refractivity contribution in [1.29, 1.82) is 0 Å². The first-order chi connectivity index (χ1) is 12.2. The van der Waals surface area contributed by atoms with Crippen LogP contribution in [0, 0.1) is 0 Å². The number of hydrogen-bond acceptors (Lipinski definition) is 11. The fourth-order valence-electron chi connectivity index (χ4n) is 2.91. The lowest BCUT2D eigenvalue weighted by Gasteiger charge is -2.43. The van der Waals surface area contributed by atoms with Crippen LogP contribution in [0.1, 0.15) is 13.8 Å². The van der Waals surface area contributed by atoms with E-state index in [9.17, 15) is 35.7 Å². The smallest absolute Gasteiger partial charge is 0.224 e. The first kappa shape index (κ1) is 21.9. The maximum atomic E-state index is 10.3. The van der Waals surface area contributed by atoms with Crippen molar-refractivity contribution in [2.24, 2.45) is 0 Å². The number of aliphatic hydroxyl groups excluding tert-OH is 7. The molecule has 11 heteroatoms. The van der Waals surface area contributed by atoms with Crippen LogP contribution in [0.2, 0.25) is 0 Å². The Morgan fingerprint density at radius 3 is 2.12 bits per heavy atom. The fourth-order valence-corrected chi connectivity index (χ4v) is 2.91. The summed E-state index contributed by atoms with van der Waals surface area (Å²) in [5.41, 5.74) is 0. The maximum Gasteiger partial charge on any atom is 0.224 e. The molecule has 2 aliphatic rings. The Morgan fingerprint density at radius 2 is 1.58 bits per heavy atom. The van der Waals surface area contributed by atoms with Gasteiger partial charge in [-0.2, -0.15) is 0 Å². The van der Waals surface area contributed by atoms with Gasteiger partial charge in [0.1, 0.15) is 49.3 Å². The van der Waals surface area contributed by atoms with E-state index >= 15 is 0 Å². The number of aliphatic hydroxyl groups is 7. The van der Waals surface area contributed by atoms with Crippen LogP contribution < -0.4 is 0 Å². The van der Waals surface area contributed by atoms with Crippen molar-refractivity contribution < 1.29 is 54.7 Å². The third-order valence-corrected chi connectivity index (χ3v) is 4.48. The van der Waals surface area contributed by atoms with E-state index in [1.807, 2.05) is 0 Å². The van der Waals surface area contributed by atoms with Crippen molar-refractivity contribution in [2.45, 2.75) is 74.8 Å². The van der Waals surface area contributed by atoms with E-state index in [0.717, 1.165) is 0 Å². The predicted octanol–water partition coefficient (Wildman–Crippen LogP) is -3.96. The third kappa shape index (κ3) is 4.18. The average molecular weight is 384 g/mol. The van der Waals surface area contributed by atoms with Crippen LogP contribution in [0.3, 0.4) is 0 Å². The molecule has 2 rings (SSSR count).